The molecule has 0 saturated heterocycles. The van der Waals surface area contributed by atoms with E-state index < -0.39 is 0 Å². The maximum absolute atomic E-state index is 12.2. The van der Waals surface area contributed by atoms with Crippen LogP contribution in [-0.4, -0.2) is 11.9 Å². The molecule has 0 aromatic carbocycles. The predicted octanol–water partition coefficient (Wildman–Crippen LogP) is 1.90. The molecule has 0 bridgehead atoms. The molecule has 18 heavy (non-hydrogen) atoms. The fourth-order valence-corrected chi connectivity index (χ4v) is 3.18. The van der Waals surface area contributed by atoms with Crippen LogP contribution in [0.25, 0.3) is 0 Å². The molecule has 3 unspecified atom stereocenters. The lowest BCUT2D eigenvalue weighted by atomic mass is 9.92. The lowest BCUT2D eigenvalue weighted by Gasteiger charge is -2.24. The number of amides is 1. The van der Waals surface area contributed by atoms with Crippen molar-refractivity contribution in [1.82, 2.24) is 5.32 Å². The third-order valence-electron chi connectivity index (χ3n) is 4.21. The number of fused-ring (bicyclic) bond motifs is 1. The van der Waals surface area contributed by atoms with E-state index >= 15 is 0 Å². The van der Waals surface area contributed by atoms with E-state index in [1.54, 1.807) is 6.26 Å². The minimum atomic E-state index is 0.109. The van der Waals surface area contributed by atoms with E-state index in [0.29, 0.717) is 0 Å². The van der Waals surface area contributed by atoms with E-state index in [0.717, 1.165) is 49.8 Å². The number of carbonyl (C=O) groups is 1. The molecular weight excluding hydrogens is 228 g/mol. The predicted molar refractivity (Wildman–Crippen MR) is 67.8 cm³/mol. The van der Waals surface area contributed by atoms with Crippen molar-refractivity contribution in [2.24, 2.45) is 11.7 Å². The molecule has 1 heterocycles. The Bertz CT molecular complexity index is 441. The van der Waals surface area contributed by atoms with E-state index in [4.69, 9.17) is 10.2 Å². The molecule has 2 aliphatic carbocycles. The van der Waals surface area contributed by atoms with Crippen molar-refractivity contribution in [2.45, 2.75) is 50.6 Å². The molecule has 0 aliphatic heterocycles. The van der Waals surface area contributed by atoms with E-state index in [2.05, 4.69) is 5.32 Å². The van der Waals surface area contributed by atoms with Gasteiger partial charge in [-0.25, -0.2) is 0 Å². The molecule has 2 aliphatic rings. The highest BCUT2D eigenvalue weighted by atomic mass is 16.3. The fourth-order valence-electron chi connectivity index (χ4n) is 3.18. The SMILES string of the molecule is NC1CCC(C(=O)NC2CCCc3occc32)C1. The highest BCUT2D eigenvalue weighted by Gasteiger charge is 2.31. The quantitative estimate of drug-likeness (QED) is 0.840. The van der Waals surface area contributed by atoms with Crippen molar-refractivity contribution in [3.05, 3.63) is 23.7 Å². The van der Waals surface area contributed by atoms with Crippen molar-refractivity contribution in [2.75, 3.05) is 0 Å². The van der Waals surface area contributed by atoms with Gasteiger partial charge in [0.2, 0.25) is 5.91 Å². The minimum absolute atomic E-state index is 0.109. The molecule has 4 nitrogen and oxygen atoms in total. The summed E-state index contributed by atoms with van der Waals surface area (Å²) in [5.74, 6) is 1.31. The Kier molecular flexibility index (Phi) is 3.12. The van der Waals surface area contributed by atoms with Gasteiger partial charge in [0.05, 0.1) is 12.3 Å². The van der Waals surface area contributed by atoms with E-state index in [1.807, 2.05) is 6.07 Å². The third-order valence-corrected chi connectivity index (χ3v) is 4.21. The van der Waals surface area contributed by atoms with Gasteiger partial charge in [-0.1, -0.05) is 0 Å². The number of hydrogen-bond acceptors (Lipinski definition) is 3. The monoisotopic (exact) mass is 248 g/mol. The number of rotatable bonds is 2. The second-order valence-corrected chi connectivity index (χ2v) is 5.52. The summed E-state index contributed by atoms with van der Waals surface area (Å²) < 4.78 is 5.44. The molecule has 1 saturated carbocycles. The van der Waals surface area contributed by atoms with Crippen LogP contribution < -0.4 is 11.1 Å². The van der Waals surface area contributed by atoms with Crippen LogP contribution in [0.2, 0.25) is 0 Å². The van der Waals surface area contributed by atoms with Crippen LogP contribution in [0.1, 0.15) is 49.5 Å². The lowest BCUT2D eigenvalue weighted by Crippen LogP contribution is -2.35. The number of hydrogen-bond donors (Lipinski definition) is 2. The maximum atomic E-state index is 12.2. The summed E-state index contributed by atoms with van der Waals surface area (Å²) in [5, 5.41) is 3.17. The van der Waals surface area contributed by atoms with Crippen molar-refractivity contribution in [3.63, 3.8) is 0 Å². The highest BCUT2D eigenvalue weighted by molar-refractivity contribution is 5.79. The third kappa shape index (κ3) is 2.17. The Balaban J connectivity index is 1.66. The molecule has 98 valence electrons. The zero-order chi connectivity index (χ0) is 12.5. The second kappa shape index (κ2) is 4.76. The summed E-state index contributed by atoms with van der Waals surface area (Å²) in [5.41, 5.74) is 7.02. The van der Waals surface area contributed by atoms with Crippen LogP contribution in [0.4, 0.5) is 0 Å². The van der Waals surface area contributed by atoms with E-state index in [9.17, 15) is 4.79 Å². The first-order chi connectivity index (χ1) is 8.74. The zero-order valence-electron chi connectivity index (χ0n) is 10.5. The molecule has 0 radical (unpaired) electrons. The van der Waals surface area contributed by atoms with Crippen LogP contribution in [0.3, 0.4) is 0 Å². The summed E-state index contributed by atoms with van der Waals surface area (Å²) in [7, 11) is 0. The molecule has 3 N–H and O–H groups in total. The van der Waals surface area contributed by atoms with Crippen LogP contribution in [0.5, 0.6) is 0 Å². The van der Waals surface area contributed by atoms with Gasteiger partial charge >= 0.3 is 0 Å². The minimum Gasteiger partial charge on any atom is -0.469 e. The highest BCUT2D eigenvalue weighted by Crippen LogP contribution is 2.32. The fraction of sp³-hybridized carbons (Fsp3) is 0.643. The number of nitrogens with two attached hydrogens (primary N) is 1. The van der Waals surface area contributed by atoms with Crippen LogP contribution in [0, 0.1) is 5.92 Å². The standard InChI is InChI=1S/C14H20N2O2/c15-10-5-4-9(8-10)14(17)16-12-2-1-3-13-11(12)6-7-18-13/h6-7,9-10,12H,1-5,8,15H2,(H,16,17). The molecule has 1 fully saturated rings. The van der Waals surface area contributed by atoms with E-state index in [1.165, 1.54) is 0 Å². The first-order valence-electron chi connectivity index (χ1n) is 6.86. The average Bonchev–Trinajstić information content (AvgIpc) is 2.97. The molecule has 1 aromatic heterocycles. The van der Waals surface area contributed by atoms with Gasteiger partial charge in [0.15, 0.2) is 0 Å². The molecule has 1 amide bonds. The van der Waals surface area contributed by atoms with Gasteiger partial charge in [0.25, 0.3) is 0 Å². The topological polar surface area (TPSA) is 68.3 Å². The van der Waals surface area contributed by atoms with Gasteiger partial charge in [0.1, 0.15) is 5.76 Å². The van der Waals surface area contributed by atoms with Gasteiger partial charge in [-0.3, -0.25) is 4.79 Å². The first-order valence-corrected chi connectivity index (χ1v) is 6.86. The van der Waals surface area contributed by atoms with Crippen LogP contribution in [-0.2, 0) is 11.2 Å². The average molecular weight is 248 g/mol. The van der Waals surface area contributed by atoms with Gasteiger partial charge < -0.3 is 15.5 Å². The van der Waals surface area contributed by atoms with E-state index in [-0.39, 0.29) is 23.9 Å². The van der Waals surface area contributed by atoms with Gasteiger partial charge in [-0.15, -0.1) is 0 Å². The summed E-state index contributed by atoms with van der Waals surface area (Å²) in [6.07, 6.45) is 7.53. The first kappa shape index (κ1) is 11.8. The van der Waals surface area contributed by atoms with Gasteiger partial charge in [0, 0.05) is 23.9 Å². The maximum Gasteiger partial charge on any atom is 0.223 e. The van der Waals surface area contributed by atoms with Crippen molar-refractivity contribution < 1.29 is 9.21 Å². The van der Waals surface area contributed by atoms with Crippen molar-refractivity contribution >= 4 is 5.91 Å². The number of aryl methyl sites for hydroxylation is 1. The van der Waals surface area contributed by atoms with Gasteiger partial charge in [-0.05, 0) is 38.2 Å². The molecular formula is C14H20N2O2. The molecule has 3 rings (SSSR count). The van der Waals surface area contributed by atoms with Crippen LogP contribution in [0.15, 0.2) is 16.7 Å². The summed E-state index contributed by atoms with van der Waals surface area (Å²) in [6, 6.07) is 2.33. The Morgan fingerprint density at radius 1 is 1.39 bits per heavy atom. The Hall–Kier alpha value is -1.29. The normalized spacial score (nSPS) is 31.1. The lowest BCUT2D eigenvalue weighted by molar-refractivity contribution is -0.125. The van der Waals surface area contributed by atoms with Crippen molar-refractivity contribution in [1.29, 1.82) is 0 Å². The number of nitrogens with one attached hydrogen (secondary N) is 1. The Labute approximate surface area is 107 Å². The molecule has 4 heteroatoms. The Morgan fingerprint density at radius 2 is 2.28 bits per heavy atom. The summed E-state index contributed by atoms with van der Waals surface area (Å²) in [4.78, 5) is 12.2. The molecule has 0 spiro atoms. The molecule has 3 atom stereocenters. The second-order valence-electron chi connectivity index (χ2n) is 5.52. The summed E-state index contributed by atoms with van der Waals surface area (Å²) >= 11 is 0. The number of carbonyl (C=O) groups excluding carboxylic acids is 1. The number of furan rings is 1. The zero-order valence-corrected chi connectivity index (χ0v) is 10.5. The summed E-state index contributed by atoms with van der Waals surface area (Å²) in [6.45, 7) is 0. The van der Waals surface area contributed by atoms with Gasteiger partial charge in [-0.2, -0.15) is 0 Å². The van der Waals surface area contributed by atoms with Crippen LogP contribution >= 0.6 is 0 Å². The molecule has 1 aromatic rings. The Morgan fingerprint density at radius 3 is 3.06 bits per heavy atom. The smallest absolute Gasteiger partial charge is 0.223 e. The largest absolute Gasteiger partial charge is 0.469 e. The van der Waals surface area contributed by atoms with Crippen molar-refractivity contribution in [3.8, 4) is 0 Å².